The number of nitrogens with zero attached hydrogens (tertiary/aromatic N) is 1. The van der Waals surface area contributed by atoms with Gasteiger partial charge in [-0.3, -0.25) is 4.79 Å². The summed E-state index contributed by atoms with van der Waals surface area (Å²) in [6.07, 6.45) is 2.26. The van der Waals surface area contributed by atoms with Crippen LogP contribution in [0.4, 0.5) is 0 Å². The minimum Gasteiger partial charge on any atom is -0.361 e. The first-order valence-corrected chi connectivity index (χ1v) is 6.90. The molecule has 1 heterocycles. The maximum atomic E-state index is 12.2. The zero-order chi connectivity index (χ0) is 14.5. The van der Waals surface area contributed by atoms with Crippen molar-refractivity contribution in [3.8, 4) is 0 Å². The molecule has 0 aliphatic heterocycles. The van der Waals surface area contributed by atoms with Crippen LogP contribution in [0.1, 0.15) is 43.7 Å². The van der Waals surface area contributed by atoms with E-state index in [1.165, 1.54) is 0 Å². The lowest BCUT2D eigenvalue weighted by atomic mass is 9.81. The zero-order valence-corrected chi connectivity index (χ0v) is 12.4. The van der Waals surface area contributed by atoms with Gasteiger partial charge in [0, 0.05) is 18.7 Å². The van der Waals surface area contributed by atoms with E-state index in [1.807, 2.05) is 27.7 Å². The molecule has 19 heavy (non-hydrogen) atoms. The molecule has 0 unspecified atom stereocenters. The standard InChI is InChI=1S/C14H25N3O2/c1-5-14(6-2,9-15)13(18)16-8-7-12-10(3)17-19-11(12)4/h5-9,15H2,1-4H3,(H,16,18). The van der Waals surface area contributed by atoms with Crippen molar-refractivity contribution in [3.63, 3.8) is 0 Å². The molecule has 3 N–H and O–H groups in total. The zero-order valence-electron chi connectivity index (χ0n) is 12.4. The summed E-state index contributed by atoms with van der Waals surface area (Å²) in [5.41, 5.74) is 7.29. The second-order valence-corrected chi connectivity index (χ2v) is 5.00. The highest BCUT2D eigenvalue weighted by Crippen LogP contribution is 2.24. The molecule has 0 radical (unpaired) electrons. The second-order valence-electron chi connectivity index (χ2n) is 5.00. The fourth-order valence-corrected chi connectivity index (χ4v) is 2.30. The molecule has 0 saturated carbocycles. The van der Waals surface area contributed by atoms with Crippen LogP contribution in [0, 0.1) is 19.3 Å². The molecule has 0 aliphatic rings. The van der Waals surface area contributed by atoms with Gasteiger partial charge in [-0.2, -0.15) is 0 Å². The Morgan fingerprint density at radius 1 is 1.37 bits per heavy atom. The molecule has 108 valence electrons. The molecule has 1 rings (SSSR count). The predicted octanol–water partition coefficient (Wildman–Crippen LogP) is 1.72. The first-order valence-electron chi connectivity index (χ1n) is 6.90. The smallest absolute Gasteiger partial charge is 0.227 e. The van der Waals surface area contributed by atoms with Crippen LogP contribution in [-0.2, 0) is 11.2 Å². The summed E-state index contributed by atoms with van der Waals surface area (Å²) in [5, 5.41) is 6.88. The maximum Gasteiger partial charge on any atom is 0.227 e. The van der Waals surface area contributed by atoms with Gasteiger partial charge in [-0.25, -0.2) is 0 Å². The highest BCUT2D eigenvalue weighted by Gasteiger charge is 2.32. The number of aryl methyl sites for hydroxylation is 2. The quantitative estimate of drug-likeness (QED) is 0.788. The van der Waals surface area contributed by atoms with Gasteiger partial charge in [0.2, 0.25) is 5.91 Å². The van der Waals surface area contributed by atoms with Crippen molar-refractivity contribution in [2.24, 2.45) is 11.1 Å². The normalized spacial score (nSPS) is 11.6. The lowest BCUT2D eigenvalue weighted by Crippen LogP contribution is -2.45. The number of aromatic nitrogens is 1. The van der Waals surface area contributed by atoms with Crippen LogP contribution in [0.25, 0.3) is 0 Å². The molecule has 1 aromatic rings. The number of nitrogens with two attached hydrogens (primary N) is 1. The fourth-order valence-electron chi connectivity index (χ4n) is 2.30. The molecule has 5 heteroatoms. The summed E-state index contributed by atoms with van der Waals surface area (Å²) in [6.45, 7) is 8.78. The van der Waals surface area contributed by atoms with Crippen LogP contribution in [0.5, 0.6) is 0 Å². The van der Waals surface area contributed by atoms with E-state index in [0.717, 1.165) is 36.3 Å². The lowest BCUT2D eigenvalue weighted by Gasteiger charge is -2.28. The van der Waals surface area contributed by atoms with E-state index in [2.05, 4.69) is 10.5 Å². The topological polar surface area (TPSA) is 81.2 Å². The van der Waals surface area contributed by atoms with Gasteiger partial charge in [0.1, 0.15) is 5.76 Å². The van der Waals surface area contributed by atoms with Crippen molar-refractivity contribution in [3.05, 3.63) is 17.0 Å². The lowest BCUT2D eigenvalue weighted by molar-refractivity contribution is -0.131. The van der Waals surface area contributed by atoms with Crippen molar-refractivity contribution in [1.82, 2.24) is 10.5 Å². The number of hydrogen-bond donors (Lipinski definition) is 2. The molecule has 0 spiro atoms. The van der Waals surface area contributed by atoms with Gasteiger partial charge in [-0.05, 0) is 33.1 Å². The average molecular weight is 267 g/mol. The Labute approximate surface area is 114 Å². The van der Waals surface area contributed by atoms with Crippen LogP contribution in [0.2, 0.25) is 0 Å². The summed E-state index contributed by atoms with van der Waals surface area (Å²) in [5.74, 6) is 0.870. The monoisotopic (exact) mass is 267 g/mol. The highest BCUT2D eigenvalue weighted by atomic mass is 16.5. The molecule has 0 bridgehead atoms. The van der Waals surface area contributed by atoms with Gasteiger partial charge in [0.05, 0.1) is 11.1 Å². The van der Waals surface area contributed by atoms with Crippen molar-refractivity contribution >= 4 is 5.91 Å². The van der Waals surface area contributed by atoms with Crippen molar-refractivity contribution in [2.45, 2.75) is 47.0 Å². The van der Waals surface area contributed by atoms with E-state index in [1.54, 1.807) is 0 Å². The van der Waals surface area contributed by atoms with Crippen LogP contribution in [0.3, 0.4) is 0 Å². The van der Waals surface area contributed by atoms with Crippen molar-refractivity contribution in [1.29, 1.82) is 0 Å². The van der Waals surface area contributed by atoms with Crippen LogP contribution in [-0.4, -0.2) is 24.2 Å². The molecule has 1 amide bonds. The third kappa shape index (κ3) is 3.35. The molecule has 0 saturated heterocycles. The summed E-state index contributed by atoms with van der Waals surface area (Å²) < 4.78 is 5.10. The molecule has 0 atom stereocenters. The number of carbonyl (C=O) groups is 1. The minimum atomic E-state index is -0.432. The predicted molar refractivity (Wildman–Crippen MR) is 74.8 cm³/mol. The fraction of sp³-hybridized carbons (Fsp3) is 0.714. The average Bonchev–Trinajstić information content (AvgIpc) is 2.73. The Morgan fingerprint density at radius 3 is 2.42 bits per heavy atom. The van der Waals surface area contributed by atoms with Crippen molar-refractivity contribution in [2.75, 3.05) is 13.1 Å². The number of carbonyl (C=O) groups excluding carboxylic acids is 1. The van der Waals surface area contributed by atoms with Crippen molar-refractivity contribution < 1.29 is 9.32 Å². The van der Waals surface area contributed by atoms with E-state index >= 15 is 0 Å². The summed E-state index contributed by atoms with van der Waals surface area (Å²) in [7, 11) is 0. The summed E-state index contributed by atoms with van der Waals surface area (Å²) in [4.78, 5) is 12.2. The number of hydrogen-bond acceptors (Lipinski definition) is 4. The molecule has 0 fully saturated rings. The molecular weight excluding hydrogens is 242 g/mol. The minimum absolute atomic E-state index is 0.0479. The van der Waals surface area contributed by atoms with Gasteiger partial charge in [0.15, 0.2) is 0 Å². The van der Waals surface area contributed by atoms with Gasteiger partial charge >= 0.3 is 0 Å². The largest absolute Gasteiger partial charge is 0.361 e. The van der Waals surface area contributed by atoms with Gasteiger partial charge in [-0.1, -0.05) is 19.0 Å². The Bertz CT molecular complexity index is 395. The number of rotatable bonds is 7. The first-order chi connectivity index (χ1) is 9.00. The number of nitrogens with one attached hydrogen (secondary N) is 1. The molecule has 1 aromatic heterocycles. The Morgan fingerprint density at radius 2 is 2.00 bits per heavy atom. The summed E-state index contributed by atoms with van der Waals surface area (Å²) in [6, 6.07) is 0. The maximum absolute atomic E-state index is 12.2. The van der Waals surface area contributed by atoms with Gasteiger partial charge in [0.25, 0.3) is 0 Å². The third-order valence-electron chi connectivity index (χ3n) is 4.07. The number of amides is 1. The van der Waals surface area contributed by atoms with E-state index < -0.39 is 5.41 Å². The molecule has 0 aromatic carbocycles. The molecule has 5 nitrogen and oxygen atoms in total. The van der Waals surface area contributed by atoms with Crippen LogP contribution >= 0.6 is 0 Å². The van der Waals surface area contributed by atoms with E-state index in [4.69, 9.17) is 10.3 Å². The van der Waals surface area contributed by atoms with Crippen LogP contribution < -0.4 is 11.1 Å². The summed E-state index contributed by atoms with van der Waals surface area (Å²) >= 11 is 0. The van der Waals surface area contributed by atoms with E-state index in [-0.39, 0.29) is 5.91 Å². The first kappa shape index (κ1) is 15.7. The Kier molecular flexibility index (Phi) is 5.54. The Balaban J connectivity index is 2.56. The van der Waals surface area contributed by atoms with Crippen LogP contribution in [0.15, 0.2) is 4.52 Å². The molecular formula is C14H25N3O2. The molecule has 0 aliphatic carbocycles. The highest BCUT2D eigenvalue weighted by molar-refractivity contribution is 5.82. The second kappa shape index (κ2) is 6.70. The van der Waals surface area contributed by atoms with E-state index in [9.17, 15) is 4.79 Å². The van der Waals surface area contributed by atoms with Gasteiger partial charge < -0.3 is 15.6 Å². The van der Waals surface area contributed by atoms with Gasteiger partial charge in [-0.15, -0.1) is 0 Å². The third-order valence-corrected chi connectivity index (χ3v) is 4.07. The van der Waals surface area contributed by atoms with E-state index in [0.29, 0.717) is 13.1 Å². The Hall–Kier alpha value is -1.36. The SMILES string of the molecule is CCC(CC)(CN)C(=O)NCCc1c(C)noc1C.